The van der Waals surface area contributed by atoms with Gasteiger partial charge in [-0.1, -0.05) is 6.42 Å². The number of nitrogens with zero attached hydrogens (tertiary/aromatic N) is 1. The second kappa shape index (κ2) is 7.80. The van der Waals surface area contributed by atoms with E-state index in [0.29, 0.717) is 12.1 Å². The largest absolute Gasteiger partial charge is 0.352 e. The van der Waals surface area contributed by atoms with E-state index < -0.39 is 0 Å². The number of aryl methyl sites for hydroxylation is 1. The minimum absolute atomic E-state index is 0.143. The van der Waals surface area contributed by atoms with Crippen LogP contribution in [0.5, 0.6) is 0 Å². The molecule has 1 aromatic heterocycles. The van der Waals surface area contributed by atoms with Gasteiger partial charge >= 0.3 is 0 Å². The fourth-order valence-corrected chi connectivity index (χ4v) is 5.28. The smallest absolute Gasteiger partial charge is 0.252 e. The van der Waals surface area contributed by atoms with Crippen LogP contribution < -0.4 is 5.32 Å². The quantitative estimate of drug-likeness (QED) is 0.825. The van der Waals surface area contributed by atoms with Gasteiger partial charge in [0.25, 0.3) is 5.91 Å². The minimum Gasteiger partial charge on any atom is -0.352 e. The van der Waals surface area contributed by atoms with E-state index in [2.05, 4.69) is 29.4 Å². The topological polar surface area (TPSA) is 32.3 Å². The van der Waals surface area contributed by atoms with Crippen molar-refractivity contribution in [2.24, 2.45) is 0 Å². The number of rotatable bonds is 5. The zero-order valence-electron chi connectivity index (χ0n) is 14.6. The van der Waals surface area contributed by atoms with Gasteiger partial charge < -0.3 is 5.32 Å². The second-order valence-corrected chi connectivity index (χ2v) is 8.20. The molecule has 1 fully saturated rings. The minimum atomic E-state index is 0.143. The van der Waals surface area contributed by atoms with Crippen LogP contribution in [-0.2, 0) is 12.8 Å². The number of hydrogen-bond donors (Lipinski definition) is 1. The first kappa shape index (κ1) is 17.0. The summed E-state index contributed by atoms with van der Waals surface area (Å²) >= 11 is 1.77. The van der Waals surface area contributed by atoms with Crippen molar-refractivity contribution in [3.05, 3.63) is 21.4 Å². The van der Waals surface area contributed by atoms with E-state index in [1.807, 2.05) is 0 Å². The number of likely N-dealkylation sites (tertiary alicyclic amines) is 1. The molecule has 2 unspecified atom stereocenters. The van der Waals surface area contributed by atoms with Crippen molar-refractivity contribution in [3.8, 4) is 0 Å². The van der Waals surface area contributed by atoms with Crippen LogP contribution in [0.1, 0.15) is 73.2 Å². The van der Waals surface area contributed by atoms with E-state index in [1.165, 1.54) is 42.5 Å². The lowest BCUT2D eigenvalue weighted by Crippen LogP contribution is -2.44. The van der Waals surface area contributed by atoms with Gasteiger partial charge in [0.05, 0.1) is 5.56 Å². The number of hydrogen-bond acceptors (Lipinski definition) is 3. The summed E-state index contributed by atoms with van der Waals surface area (Å²) in [6.45, 7) is 6.57. The number of piperidine rings is 1. The Morgan fingerprint density at radius 2 is 1.96 bits per heavy atom. The normalized spacial score (nSPS) is 25.1. The highest BCUT2D eigenvalue weighted by Crippen LogP contribution is 2.30. The zero-order valence-corrected chi connectivity index (χ0v) is 15.4. The van der Waals surface area contributed by atoms with Gasteiger partial charge in [-0.15, -0.1) is 11.3 Å². The molecule has 128 valence electrons. The molecule has 0 radical (unpaired) electrons. The maximum Gasteiger partial charge on any atom is 0.252 e. The Morgan fingerprint density at radius 1 is 1.22 bits per heavy atom. The molecule has 1 N–H and O–H groups in total. The number of carbonyl (C=O) groups excluding carboxylic acids is 1. The molecule has 0 aromatic carbocycles. The molecule has 1 amide bonds. The molecule has 3 rings (SSSR count). The summed E-state index contributed by atoms with van der Waals surface area (Å²) in [6, 6.07) is 1.39. The van der Waals surface area contributed by atoms with Crippen molar-refractivity contribution < 1.29 is 4.79 Å². The van der Waals surface area contributed by atoms with Crippen LogP contribution >= 0.6 is 11.3 Å². The average Bonchev–Trinajstić information content (AvgIpc) is 2.97. The van der Waals surface area contributed by atoms with E-state index in [4.69, 9.17) is 0 Å². The lowest BCUT2D eigenvalue weighted by atomic mass is 9.95. The molecule has 2 heterocycles. The van der Waals surface area contributed by atoms with Crippen molar-refractivity contribution in [2.45, 2.75) is 77.3 Å². The van der Waals surface area contributed by atoms with Gasteiger partial charge in [-0.3, -0.25) is 9.69 Å². The van der Waals surface area contributed by atoms with Crippen LogP contribution in [0.4, 0.5) is 0 Å². The Morgan fingerprint density at radius 3 is 2.74 bits per heavy atom. The third kappa shape index (κ3) is 3.97. The summed E-state index contributed by atoms with van der Waals surface area (Å²) < 4.78 is 0. The van der Waals surface area contributed by atoms with Gasteiger partial charge in [0.2, 0.25) is 0 Å². The molecule has 0 saturated carbocycles. The van der Waals surface area contributed by atoms with E-state index in [9.17, 15) is 4.79 Å². The van der Waals surface area contributed by atoms with Gasteiger partial charge in [0, 0.05) is 35.4 Å². The third-order valence-corrected chi connectivity index (χ3v) is 6.65. The molecule has 23 heavy (non-hydrogen) atoms. The second-order valence-electron chi connectivity index (χ2n) is 7.23. The van der Waals surface area contributed by atoms with Crippen LogP contribution in [0.3, 0.4) is 0 Å². The predicted molar refractivity (Wildman–Crippen MR) is 97.4 cm³/mol. The van der Waals surface area contributed by atoms with E-state index in [0.717, 1.165) is 37.9 Å². The monoisotopic (exact) mass is 334 g/mol. The molecule has 1 saturated heterocycles. The number of thiophene rings is 1. The predicted octanol–water partition coefficient (Wildman–Crippen LogP) is 4.01. The standard InChI is InChI=1S/C19H30N2OS/c1-14-7-5-8-15(2)21(14)12-6-11-20-19(22)17-13-23-18-10-4-3-9-16(17)18/h13-15H,3-12H2,1-2H3,(H,20,22). The maximum absolute atomic E-state index is 12.4. The summed E-state index contributed by atoms with van der Waals surface area (Å²) in [5.41, 5.74) is 2.28. The number of fused-ring (bicyclic) bond motifs is 1. The molecule has 3 nitrogen and oxygen atoms in total. The van der Waals surface area contributed by atoms with Crippen LogP contribution in [0.15, 0.2) is 5.38 Å². The summed E-state index contributed by atoms with van der Waals surface area (Å²) in [4.78, 5) is 16.5. The van der Waals surface area contributed by atoms with Crippen LogP contribution in [0, 0.1) is 0 Å². The van der Waals surface area contributed by atoms with Gasteiger partial charge in [-0.05, 0) is 64.4 Å². The fourth-order valence-electron chi connectivity index (χ4n) is 4.16. The molecule has 0 spiro atoms. The first-order chi connectivity index (χ1) is 11.2. The third-order valence-electron chi connectivity index (χ3n) is 5.56. The lowest BCUT2D eigenvalue weighted by molar-refractivity contribution is 0.0925. The highest BCUT2D eigenvalue weighted by molar-refractivity contribution is 7.10. The van der Waals surface area contributed by atoms with Crippen molar-refractivity contribution in [1.29, 1.82) is 0 Å². The van der Waals surface area contributed by atoms with Crippen LogP contribution in [0.2, 0.25) is 0 Å². The molecule has 1 aliphatic carbocycles. The average molecular weight is 335 g/mol. The Hall–Kier alpha value is -0.870. The van der Waals surface area contributed by atoms with Crippen molar-refractivity contribution in [2.75, 3.05) is 13.1 Å². The van der Waals surface area contributed by atoms with Crippen molar-refractivity contribution in [3.63, 3.8) is 0 Å². The lowest BCUT2D eigenvalue weighted by Gasteiger charge is -2.39. The molecule has 4 heteroatoms. The summed E-state index contributed by atoms with van der Waals surface area (Å²) in [5.74, 6) is 0.143. The van der Waals surface area contributed by atoms with Gasteiger partial charge in [-0.2, -0.15) is 0 Å². The molecule has 1 aliphatic heterocycles. The first-order valence-corrected chi connectivity index (χ1v) is 10.2. The Bertz CT molecular complexity index is 529. The Kier molecular flexibility index (Phi) is 5.76. The Balaban J connectivity index is 1.45. The maximum atomic E-state index is 12.4. The van der Waals surface area contributed by atoms with Gasteiger partial charge in [-0.25, -0.2) is 0 Å². The molecule has 2 atom stereocenters. The summed E-state index contributed by atoms with van der Waals surface area (Å²) in [6.07, 6.45) is 9.80. The van der Waals surface area contributed by atoms with Crippen molar-refractivity contribution in [1.82, 2.24) is 10.2 Å². The highest BCUT2D eigenvalue weighted by Gasteiger charge is 2.24. The van der Waals surface area contributed by atoms with Crippen LogP contribution in [0.25, 0.3) is 0 Å². The summed E-state index contributed by atoms with van der Waals surface area (Å²) in [5, 5.41) is 5.22. The SMILES string of the molecule is CC1CCCC(C)N1CCCNC(=O)c1csc2c1CCCC2. The van der Waals surface area contributed by atoms with Gasteiger partial charge in [0.15, 0.2) is 0 Å². The highest BCUT2D eigenvalue weighted by atomic mass is 32.1. The molecule has 1 aromatic rings. The summed E-state index contributed by atoms with van der Waals surface area (Å²) in [7, 11) is 0. The molecule has 2 aliphatic rings. The molecule has 0 bridgehead atoms. The number of carbonyl (C=O) groups is 1. The van der Waals surface area contributed by atoms with Crippen LogP contribution in [-0.4, -0.2) is 36.0 Å². The molecular weight excluding hydrogens is 304 g/mol. The number of nitrogens with one attached hydrogen (secondary N) is 1. The number of amides is 1. The first-order valence-electron chi connectivity index (χ1n) is 9.30. The molecular formula is C19H30N2OS. The van der Waals surface area contributed by atoms with E-state index in [1.54, 1.807) is 11.3 Å². The zero-order chi connectivity index (χ0) is 16.2. The van der Waals surface area contributed by atoms with Gasteiger partial charge in [0.1, 0.15) is 0 Å². The fraction of sp³-hybridized carbons (Fsp3) is 0.737. The Labute approximate surface area is 144 Å². The van der Waals surface area contributed by atoms with E-state index >= 15 is 0 Å². The van der Waals surface area contributed by atoms with Crippen molar-refractivity contribution >= 4 is 17.2 Å². The van der Waals surface area contributed by atoms with E-state index in [-0.39, 0.29) is 5.91 Å².